The molecule has 0 bridgehead atoms. The molecule has 118 valence electrons. The minimum absolute atomic E-state index is 0.180. The van der Waals surface area contributed by atoms with Crippen molar-refractivity contribution in [1.82, 2.24) is 5.32 Å². The molecule has 0 radical (unpaired) electrons. The molecule has 1 aromatic rings. The van der Waals surface area contributed by atoms with Crippen LogP contribution < -0.4 is 10.6 Å². The van der Waals surface area contributed by atoms with Crippen LogP contribution in [-0.2, 0) is 9.84 Å². The maximum atomic E-state index is 12.3. The van der Waals surface area contributed by atoms with Gasteiger partial charge < -0.3 is 10.6 Å². The fraction of sp³-hybridized carbons (Fsp3) is 0.625. The van der Waals surface area contributed by atoms with Crippen LogP contribution in [-0.4, -0.2) is 33.8 Å². The summed E-state index contributed by atoms with van der Waals surface area (Å²) in [4.78, 5) is 0.430. The van der Waals surface area contributed by atoms with E-state index in [1.165, 1.54) is 6.42 Å². The molecule has 21 heavy (non-hydrogen) atoms. The Bertz CT molecular complexity index is 563. The summed E-state index contributed by atoms with van der Waals surface area (Å²) in [6, 6.07) is 7.24. The smallest absolute Gasteiger partial charge is 0.180 e. The van der Waals surface area contributed by atoms with Gasteiger partial charge in [-0.3, -0.25) is 0 Å². The second kappa shape index (κ2) is 6.79. The third-order valence-corrected chi connectivity index (χ3v) is 6.06. The molecule has 1 aliphatic rings. The lowest BCUT2D eigenvalue weighted by Crippen LogP contribution is -2.42. The molecule has 0 aliphatic carbocycles. The molecule has 1 unspecified atom stereocenters. The summed E-state index contributed by atoms with van der Waals surface area (Å²) in [5, 5.41) is 6.79. The van der Waals surface area contributed by atoms with Gasteiger partial charge in [0.25, 0.3) is 0 Å². The van der Waals surface area contributed by atoms with Gasteiger partial charge in [-0.15, -0.1) is 0 Å². The van der Waals surface area contributed by atoms with Crippen molar-refractivity contribution in [1.29, 1.82) is 0 Å². The zero-order chi connectivity index (χ0) is 15.3. The van der Waals surface area contributed by atoms with Gasteiger partial charge in [0, 0.05) is 13.1 Å². The standard InChI is InChI=1S/C16H26N2O2S/c1-3-11-21(19,20)15-8-5-4-7-14(15)18-13-16(2)9-6-10-17-12-16/h4-5,7-8,17-18H,3,6,9-13H2,1-2H3. The summed E-state index contributed by atoms with van der Waals surface area (Å²) in [6.45, 7) is 6.98. The molecule has 0 amide bonds. The van der Waals surface area contributed by atoms with E-state index in [-0.39, 0.29) is 11.2 Å². The first-order valence-electron chi connectivity index (χ1n) is 7.73. The second-order valence-corrected chi connectivity index (χ2v) is 8.34. The van der Waals surface area contributed by atoms with Crippen molar-refractivity contribution in [2.75, 3.05) is 30.7 Å². The number of hydrogen-bond donors (Lipinski definition) is 2. The Labute approximate surface area is 128 Å². The first-order valence-corrected chi connectivity index (χ1v) is 9.38. The highest BCUT2D eigenvalue weighted by Gasteiger charge is 2.27. The van der Waals surface area contributed by atoms with E-state index in [1.54, 1.807) is 12.1 Å². The van der Waals surface area contributed by atoms with Gasteiger partial charge in [0.15, 0.2) is 9.84 Å². The number of sulfone groups is 1. The number of benzene rings is 1. The highest BCUT2D eigenvalue weighted by molar-refractivity contribution is 7.91. The molecule has 5 heteroatoms. The van der Waals surface area contributed by atoms with Crippen LogP contribution in [0.4, 0.5) is 5.69 Å². The van der Waals surface area contributed by atoms with Gasteiger partial charge in [0.2, 0.25) is 0 Å². The van der Waals surface area contributed by atoms with Crippen LogP contribution in [0.25, 0.3) is 0 Å². The zero-order valence-corrected chi connectivity index (χ0v) is 13.8. The molecule has 0 spiro atoms. The molecule has 1 saturated heterocycles. The molecule has 1 heterocycles. The Morgan fingerprint density at radius 3 is 2.76 bits per heavy atom. The highest BCUT2D eigenvalue weighted by atomic mass is 32.2. The van der Waals surface area contributed by atoms with E-state index < -0.39 is 9.84 Å². The van der Waals surface area contributed by atoms with Crippen molar-refractivity contribution in [2.24, 2.45) is 5.41 Å². The number of rotatable bonds is 6. The second-order valence-electron chi connectivity index (χ2n) is 6.26. The van der Waals surface area contributed by atoms with Gasteiger partial charge >= 0.3 is 0 Å². The SMILES string of the molecule is CCCS(=O)(=O)c1ccccc1NCC1(C)CCCNC1. The Morgan fingerprint density at radius 1 is 1.33 bits per heavy atom. The van der Waals surface area contributed by atoms with Crippen LogP contribution in [0.15, 0.2) is 29.2 Å². The van der Waals surface area contributed by atoms with E-state index in [1.807, 2.05) is 19.1 Å². The lowest BCUT2D eigenvalue weighted by atomic mass is 9.83. The number of hydrogen-bond acceptors (Lipinski definition) is 4. The molecule has 1 aromatic carbocycles. The van der Waals surface area contributed by atoms with Crippen LogP contribution in [0.5, 0.6) is 0 Å². The predicted molar refractivity (Wildman–Crippen MR) is 87.5 cm³/mol. The summed E-state index contributed by atoms with van der Waals surface area (Å²) in [6.07, 6.45) is 2.98. The first-order chi connectivity index (χ1) is 9.97. The Kier molecular flexibility index (Phi) is 5.27. The fourth-order valence-electron chi connectivity index (χ4n) is 2.84. The summed E-state index contributed by atoms with van der Waals surface area (Å²) in [5.41, 5.74) is 0.914. The third-order valence-electron chi connectivity index (χ3n) is 4.09. The van der Waals surface area contributed by atoms with Crippen molar-refractivity contribution in [3.8, 4) is 0 Å². The molecule has 4 nitrogen and oxygen atoms in total. The van der Waals surface area contributed by atoms with E-state index in [4.69, 9.17) is 0 Å². The lowest BCUT2D eigenvalue weighted by molar-refractivity contribution is 0.253. The van der Waals surface area contributed by atoms with Gasteiger partial charge in [-0.2, -0.15) is 0 Å². The van der Waals surface area contributed by atoms with E-state index in [2.05, 4.69) is 17.6 Å². The normalized spacial score (nSPS) is 23.0. The number of piperidine rings is 1. The van der Waals surface area contributed by atoms with E-state index >= 15 is 0 Å². The maximum absolute atomic E-state index is 12.3. The molecule has 1 fully saturated rings. The molecule has 2 N–H and O–H groups in total. The van der Waals surface area contributed by atoms with Crippen LogP contribution in [0.3, 0.4) is 0 Å². The zero-order valence-electron chi connectivity index (χ0n) is 13.0. The minimum atomic E-state index is -3.19. The summed E-state index contributed by atoms with van der Waals surface area (Å²) >= 11 is 0. The van der Waals surface area contributed by atoms with Gasteiger partial charge in [0.05, 0.1) is 16.3 Å². The molecular formula is C16H26N2O2S. The van der Waals surface area contributed by atoms with Crippen molar-refractivity contribution in [3.63, 3.8) is 0 Å². The molecule has 0 aromatic heterocycles. The van der Waals surface area contributed by atoms with Gasteiger partial charge in [-0.25, -0.2) is 8.42 Å². The van der Waals surface area contributed by atoms with Crippen molar-refractivity contribution in [2.45, 2.75) is 38.0 Å². The highest BCUT2D eigenvalue weighted by Crippen LogP contribution is 2.28. The Balaban J connectivity index is 2.13. The van der Waals surface area contributed by atoms with Crippen LogP contribution in [0.2, 0.25) is 0 Å². The molecule has 0 saturated carbocycles. The van der Waals surface area contributed by atoms with Gasteiger partial charge in [0.1, 0.15) is 0 Å². The third kappa shape index (κ3) is 4.20. The van der Waals surface area contributed by atoms with Crippen molar-refractivity contribution in [3.05, 3.63) is 24.3 Å². The number of nitrogens with one attached hydrogen (secondary N) is 2. The average molecular weight is 310 g/mol. The van der Waals surface area contributed by atoms with Crippen molar-refractivity contribution < 1.29 is 8.42 Å². The summed E-state index contributed by atoms with van der Waals surface area (Å²) in [7, 11) is -3.19. The number of anilines is 1. The molecule has 1 aliphatic heterocycles. The largest absolute Gasteiger partial charge is 0.383 e. The fourth-order valence-corrected chi connectivity index (χ4v) is 4.36. The minimum Gasteiger partial charge on any atom is -0.383 e. The van der Waals surface area contributed by atoms with E-state index in [0.29, 0.717) is 11.3 Å². The Morgan fingerprint density at radius 2 is 2.10 bits per heavy atom. The molecule has 2 rings (SSSR count). The monoisotopic (exact) mass is 310 g/mol. The Hall–Kier alpha value is -1.07. The summed E-state index contributed by atoms with van der Waals surface area (Å²) in [5.74, 6) is 0.199. The maximum Gasteiger partial charge on any atom is 0.180 e. The van der Waals surface area contributed by atoms with Crippen LogP contribution in [0, 0.1) is 5.41 Å². The van der Waals surface area contributed by atoms with E-state index in [9.17, 15) is 8.42 Å². The lowest BCUT2D eigenvalue weighted by Gasteiger charge is -2.34. The number of para-hydroxylation sites is 1. The van der Waals surface area contributed by atoms with Gasteiger partial charge in [-0.1, -0.05) is 26.0 Å². The summed E-state index contributed by atoms with van der Waals surface area (Å²) < 4.78 is 24.7. The average Bonchev–Trinajstić information content (AvgIpc) is 2.46. The van der Waals surface area contributed by atoms with E-state index in [0.717, 1.165) is 31.7 Å². The van der Waals surface area contributed by atoms with Crippen molar-refractivity contribution >= 4 is 15.5 Å². The topological polar surface area (TPSA) is 58.2 Å². The van der Waals surface area contributed by atoms with Crippen LogP contribution in [0.1, 0.15) is 33.1 Å². The van der Waals surface area contributed by atoms with Crippen LogP contribution >= 0.6 is 0 Å². The molecular weight excluding hydrogens is 284 g/mol. The van der Waals surface area contributed by atoms with Gasteiger partial charge in [-0.05, 0) is 43.4 Å². The first kappa shape index (κ1) is 16.3. The molecule has 1 atom stereocenters. The quantitative estimate of drug-likeness (QED) is 0.848. The predicted octanol–water partition coefficient (Wildman–Crippen LogP) is 2.67.